The Labute approximate surface area is 63.9 Å². The second-order valence-electron chi connectivity index (χ2n) is 1.86. The highest BCUT2D eigenvalue weighted by Crippen LogP contribution is 2.25. The van der Waals surface area contributed by atoms with E-state index in [1.807, 2.05) is 0 Å². The van der Waals surface area contributed by atoms with Gasteiger partial charge in [-0.1, -0.05) is 6.92 Å². The molecule has 0 bridgehead atoms. The van der Waals surface area contributed by atoms with Gasteiger partial charge in [-0.25, -0.2) is 0 Å². The van der Waals surface area contributed by atoms with Crippen molar-refractivity contribution >= 4 is 10.1 Å². The third-order valence-corrected chi connectivity index (χ3v) is 1.88. The zero-order valence-electron chi connectivity index (χ0n) is 6.05. The highest BCUT2D eigenvalue weighted by Gasteiger charge is 2.42. The fraction of sp³-hybridized carbons (Fsp3) is 1.00. The van der Waals surface area contributed by atoms with Gasteiger partial charge in [-0.2, -0.15) is 17.2 Å². The topological polar surface area (TPSA) is 89.4 Å². The summed E-state index contributed by atoms with van der Waals surface area (Å²) in [6.45, 7) is 1.40. The smallest absolute Gasteiger partial charge is 0.344 e. The Kier molecular flexibility index (Phi) is 4.77. The molecule has 4 nitrogen and oxygen atoms in total. The highest BCUT2D eigenvalue weighted by atomic mass is 32.2. The van der Waals surface area contributed by atoms with Gasteiger partial charge in [0.15, 0.2) is 0 Å². The lowest BCUT2D eigenvalue weighted by molar-refractivity contribution is 0.0706. The summed E-state index contributed by atoms with van der Waals surface area (Å²) >= 11 is 0. The first-order valence-electron chi connectivity index (χ1n) is 2.66. The fourth-order valence-corrected chi connectivity index (χ4v) is 0.882. The van der Waals surface area contributed by atoms with E-state index in [1.54, 1.807) is 0 Å². The first-order valence-corrected chi connectivity index (χ1v) is 4.10. The van der Waals surface area contributed by atoms with Crippen molar-refractivity contribution in [2.75, 3.05) is 0 Å². The first kappa shape index (κ1) is 13.3. The highest BCUT2D eigenvalue weighted by molar-refractivity contribution is 7.86. The third-order valence-electron chi connectivity index (χ3n) is 0.918. The van der Waals surface area contributed by atoms with Gasteiger partial charge < -0.3 is 6.15 Å². The molecule has 0 saturated heterocycles. The fourth-order valence-electron chi connectivity index (χ4n) is 0.420. The molecule has 0 aliphatic heterocycles. The van der Waals surface area contributed by atoms with E-state index in [0.29, 0.717) is 0 Å². The Morgan fingerprint density at radius 3 is 1.91 bits per heavy atom. The number of hydrogen-bond acceptors (Lipinski definition) is 3. The molecule has 4 N–H and O–H groups in total. The normalized spacial score (nSPS) is 12.4. The van der Waals surface area contributed by atoms with Crippen molar-refractivity contribution in [1.82, 2.24) is 6.15 Å². The van der Waals surface area contributed by atoms with E-state index in [9.17, 15) is 17.2 Å². The first-order chi connectivity index (χ1) is 4.31. The molecule has 11 heavy (non-hydrogen) atoms. The lowest BCUT2D eigenvalue weighted by Gasteiger charge is -2.09. The van der Waals surface area contributed by atoms with E-state index >= 15 is 0 Å². The maximum Gasteiger partial charge on any atom is 0.370 e. The zero-order valence-corrected chi connectivity index (χ0v) is 6.87. The largest absolute Gasteiger partial charge is 0.370 e. The van der Waals surface area contributed by atoms with E-state index in [-0.39, 0.29) is 12.6 Å². The van der Waals surface area contributed by atoms with Gasteiger partial charge in [0, 0.05) is 6.42 Å². The summed E-state index contributed by atoms with van der Waals surface area (Å²) in [4.78, 5) is 0. The second-order valence-corrected chi connectivity index (χ2v) is 3.41. The predicted molar refractivity (Wildman–Crippen MR) is 36.4 cm³/mol. The number of hydrogen-bond donors (Lipinski definition) is 2. The van der Waals surface area contributed by atoms with Crippen LogP contribution in [0.1, 0.15) is 19.8 Å². The Balaban J connectivity index is 0. The number of halogens is 2. The second kappa shape index (κ2) is 3.93. The average Bonchev–Trinajstić information content (AvgIpc) is 1.61. The van der Waals surface area contributed by atoms with Gasteiger partial charge in [-0.3, -0.25) is 4.55 Å². The maximum absolute atomic E-state index is 12.1. The standard InChI is InChI=1S/C4H8F2O3S.H3N/c1-2-3-4(5,6)10(7,8)9;/h2-3H2,1H3,(H,7,8,9);1H3. The van der Waals surface area contributed by atoms with Crippen molar-refractivity contribution in [2.45, 2.75) is 25.0 Å². The van der Waals surface area contributed by atoms with Crippen LogP contribution in [0.5, 0.6) is 0 Å². The van der Waals surface area contributed by atoms with Crippen LogP contribution in [0.15, 0.2) is 0 Å². The Morgan fingerprint density at radius 2 is 1.82 bits per heavy atom. The molecule has 0 aromatic heterocycles. The van der Waals surface area contributed by atoms with Gasteiger partial charge in [0.1, 0.15) is 0 Å². The minimum absolute atomic E-state index is 0. The summed E-state index contributed by atoms with van der Waals surface area (Å²) in [5, 5.41) is -3.98. The van der Waals surface area contributed by atoms with E-state index in [4.69, 9.17) is 4.55 Å². The van der Waals surface area contributed by atoms with Crippen LogP contribution < -0.4 is 6.15 Å². The van der Waals surface area contributed by atoms with Crippen molar-refractivity contribution in [3.8, 4) is 0 Å². The molecule has 0 unspecified atom stereocenters. The van der Waals surface area contributed by atoms with Gasteiger partial charge in [-0.15, -0.1) is 0 Å². The van der Waals surface area contributed by atoms with Crippen molar-refractivity contribution in [2.24, 2.45) is 0 Å². The summed E-state index contributed by atoms with van der Waals surface area (Å²) in [6.07, 6.45) is -0.835. The van der Waals surface area contributed by atoms with Crippen molar-refractivity contribution in [1.29, 1.82) is 0 Å². The third kappa shape index (κ3) is 3.59. The van der Waals surface area contributed by atoms with E-state index < -0.39 is 21.8 Å². The minimum Gasteiger partial charge on any atom is -0.344 e. The predicted octanol–water partition coefficient (Wildman–Crippen LogP) is 1.43. The molecule has 0 radical (unpaired) electrons. The molecule has 0 aliphatic carbocycles. The van der Waals surface area contributed by atoms with Gasteiger partial charge >= 0.3 is 15.4 Å². The van der Waals surface area contributed by atoms with Crippen LogP contribution in [0.3, 0.4) is 0 Å². The summed E-state index contributed by atoms with van der Waals surface area (Å²) in [5.41, 5.74) is 0. The molecule has 70 valence electrons. The van der Waals surface area contributed by atoms with Crippen molar-refractivity contribution in [3.05, 3.63) is 0 Å². The van der Waals surface area contributed by atoms with Crippen LogP contribution in [0.2, 0.25) is 0 Å². The molecule has 0 rings (SSSR count). The van der Waals surface area contributed by atoms with E-state index in [2.05, 4.69) is 0 Å². The van der Waals surface area contributed by atoms with Crippen LogP contribution in [0.25, 0.3) is 0 Å². The minimum atomic E-state index is -5.20. The SMILES string of the molecule is CCCC(F)(F)S(=O)(=O)O.N. The van der Waals surface area contributed by atoms with E-state index in [0.717, 1.165) is 0 Å². The molecule has 0 amide bonds. The average molecular weight is 191 g/mol. The van der Waals surface area contributed by atoms with Crippen LogP contribution >= 0.6 is 0 Å². The Morgan fingerprint density at radius 1 is 1.45 bits per heavy atom. The Bertz CT molecular complexity index is 201. The molecule has 0 aromatic carbocycles. The van der Waals surface area contributed by atoms with Gasteiger partial charge in [-0.05, 0) is 6.42 Å². The maximum atomic E-state index is 12.1. The quantitative estimate of drug-likeness (QED) is 0.660. The van der Waals surface area contributed by atoms with Crippen molar-refractivity contribution in [3.63, 3.8) is 0 Å². The Hall–Kier alpha value is -0.270. The molecule has 0 atom stereocenters. The summed E-state index contributed by atoms with van der Waals surface area (Å²) < 4.78 is 51.8. The molecular weight excluding hydrogens is 180 g/mol. The van der Waals surface area contributed by atoms with Gasteiger partial charge in [0.25, 0.3) is 0 Å². The van der Waals surface area contributed by atoms with Crippen molar-refractivity contribution < 1.29 is 21.8 Å². The molecule has 0 aliphatic rings. The molecule has 0 spiro atoms. The van der Waals surface area contributed by atoms with Crippen LogP contribution in [0, 0.1) is 0 Å². The van der Waals surface area contributed by atoms with Crippen LogP contribution in [-0.2, 0) is 10.1 Å². The summed E-state index contributed by atoms with van der Waals surface area (Å²) in [7, 11) is -5.20. The number of rotatable bonds is 3. The lowest BCUT2D eigenvalue weighted by atomic mass is 10.3. The summed E-state index contributed by atoms with van der Waals surface area (Å²) in [6, 6.07) is 0. The molecule has 0 aromatic rings. The van der Waals surface area contributed by atoms with E-state index in [1.165, 1.54) is 6.92 Å². The lowest BCUT2D eigenvalue weighted by Crippen LogP contribution is -2.27. The van der Waals surface area contributed by atoms with Crippen LogP contribution in [0.4, 0.5) is 8.78 Å². The molecule has 0 heterocycles. The summed E-state index contributed by atoms with van der Waals surface area (Å²) in [5.74, 6) is 0. The molecule has 0 fully saturated rings. The van der Waals surface area contributed by atoms with Gasteiger partial charge in [0.05, 0.1) is 0 Å². The zero-order chi connectivity index (χ0) is 8.41. The monoisotopic (exact) mass is 191 g/mol. The molecular formula is C4H11F2NO3S. The molecule has 0 saturated carbocycles. The molecule has 7 heteroatoms. The number of alkyl halides is 2. The van der Waals surface area contributed by atoms with Crippen LogP contribution in [-0.4, -0.2) is 18.2 Å². The van der Waals surface area contributed by atoms with Gasteiger partial charge in [0.2, 0.25) is 0 Å².